The topological polar surface area (TPSA) is 32.6 Å². The maximum atomic E-state index is 9.73. The van der Waals surface area contributed by atoms with Gasteiger partial charge in [0.1, 0.15) is 0 Å². The fourth-order valence-corrected chi connectivity index (χ4v) is 4.34. The van der Waals surface area contributed by atoms with Gasteiger partial charge in [-0.2, -0.15) is 0 Å². The van der Waals surface area contributed by atoms with Crippen molar-refractivity contribution in [3.8, 4) is 0 Å². The van der Waals surface area contributed by atoms with E-state index in [4.69, 9.17) is 4.99 Å². The molecule has 3 unspecified atom stereocenters. The second kappa shape index (κ2) is 5.21. The second-order valence-electron chi connectivity index (χ2n) is 7.97. The second-order valence-corrected chi connectivity index (χ2v) is 8.51. The van der Waals surface area contributed by atoms with Crippen LogP contribution in [0.2, 0.25) is 0 Å². The summed E-state index contributed by atoms with van der Waals surface area (Å²) in [5.74, 6) is 0.540. The van der Waals surface area contributed by atoms with Crippen molar-refractivity contribution in [2.75, 3.05) is 6.61 Å². The van der Waals surface area contributed by atoms with E-state index >= 15 is 0 Å². The zero-order valence-electron chi connectivity index (χ0n) is 14.4. The third kappa shape index (κ3) is 2.18. The minimum Gasteiger partial charge on any atom is -0.396 e. The van der Waals surface area contributed by atoms with E-state index in [9.17, 15) is 5.11 Å². The predicted octanol–water partition coefficient (Wildman–Crippen LogP) is 4.46. The van der Waals surface area contributed by atoms with Crippen molar-refractivity contribution >= 4 is 29.1 Å². The molecular formula is C21H23NOS. The van der Waals surface area contributed by atoms with Crippen LogP contribution in [0, 0.1) is 5.92 Å². The lowest BCUT2D eigenvalue weighted by atomic mass is 9.79. The Morgan fingerprint density at radius 3 is 2.50 bits per heavy atom. The van der Waals surface area contributed by atoms with Crippen LogP contribution >= 0.6 is 12.6 Å². The van der Waals surface area contributed by atoms with Gasteiger partial charge in [0, 0.05) is 28.9 Å². The lowest BCUT2D eigenvalue weighted by molar-refractivity contribution is 0.272. The number of aliphatic hydroxyl groups is 1. The smallest absolute Gasteiger partial charge is 0.0780 e. The number of fused-ring (bicyclic) bond motifs is 5. The molecule has 2 aromatic rings. The number of aliphatic imine (C=N–C) groups is 1. The van der Waals surface area contributed by atoms with Crippen molar-refractivity contribution in [3.63, 3.8) is 0 Å². The van der Waals surface area contributed by atoms with Gasteiger partial charge in [0.25, 0.3) is 0 Å². The maximum absolute atomic E-state index is 9.73. The first-order chi connectivity index (χ1) is 11.3. The molecule has 0 spiro atoms. The number of hydrogen-bond donors (Lipinski definition) is 2. The number of rotatable bonds is 2. The Kier molecular flexibility index (Phi) is 3.45. The molecule has 0 amide bonds. The Hall–Kier alpha value is -1.58. The van der Waals surface area contributed by atoms with Crippen LogP contribution < -0.4 is 0 Å². The third-order valence-corrected chi connectivity index (χ3v) is 5.58. The van der Waals surface area contributed by atoms with E-state index < -0.39 is 0 Å². The molecule has 2 aromatic carbocycles. The SMILES string of the molecule is C=C(S)C1=NC2C(CO)C2c2c1cc(C(C)(C)C)c1ccccc21. The van der Waals surface area contributed by atoms with Gasteiger partial charge in [-0.3, -0.25) is 4.99 Å². The lowest BCUT2D eigenvalue weighted by Gasteiger charge is -2.27. The summed E-state index contributed by atoms with van der Waals surface area (Å²) >= 11 is 4.50. The molecule has 2 nitrogen and oxygen atoms in total. The highest BCUT2D eigenvalue weighted by Crippen LogP contribution is 2.56. The maximum Gasteiger partial charge on any atom is 0.0780 e. The number of benzene rings is 2. The quantitative estimate of drug-likeness (QED) is 0.779. The molecule has 0 aromatic heterocycles. The Morgan fingerprint density at radius 2 is 1.92 bits per heavy atom. The first-order valence-electron chi connectivity index (χ1n) is 8.48. The van der Waals surface area contributed by atoms with Gasteiger partial charge in [-0.1, -0.05) is 51.6 Å². The number of thiol groups is 1. The van der Waals surface area contributed by atoms with Gasteiger partial charge in [0.2, 0.25) is 0 Å². The van der Waals surface area contributed by atoms with Crippen LogP contribution in [0.5, 0.6) is 0 Å². The number of aliphatic hydroxyl groups excluding tert-OH is 1. The highest BCUT2D eigenvalue weighted by atomic mass is 32.1. The first-order valence-corrected chi connectivity index (χ1v) is 8.92. The van der Waals surface area contributed by atoms with Gasteiger partial charge in [0.15, 0.2) is 0 Å². The molecule has 2 aliphatic rings. The lowest BCUT2D eigenvalue weighted by Crippen LogP contribution is -2.17. The average molecular weight is 337 g/mol. The molecular weight excluding hydrogens is 314 g/mol. The largest absolute Gasteiger partial charge is 0.396 e. The minimum atomic E-state index is 0.0362. The van der Waals surface area contributed by atoms with E-state index in [0.717, 1.165) is 11.3 Å². The molecule has 4 rings (SSSR count). The van der Waals surface area contributed by atoms with Gasteiger partial charge in [-0.25, -0.2) is 0 Å². The summed E-state index contributed by atoms with van der Waals surface area (Å²) in [5, 5.41) is 12.3. The molecule has 1 saturated carbocycles. The van der Waals surface area contributed by atoms with Crippen LogP contribution in [0.3, 0.4) is 0 Å². The molecule has 1 aliphatic heterocycles. The first kappa shape index (κ1) is 15.9. The Labute approximate surface area is 148 Å². The molecule has 1 N–H and O–H groups in total. The summed E-state index contributed by atoms with van der Waals surface area (Å²) in [6.45, 7) is 10.9. The van der Waals surface area contributed by atoms with E-state index in [1.165, 1.54) is 21.9 Å². The molecule has 124 valence electrons. The van der Waals surface area contributed by atoms with Gasteiger partial charge in [0.05, 0.1) is 11.8 Å². The van der Waals surface area contributed by atoms with Crippen molar-refractivity contribution in [2.45, 2.75) is 38.1 Å². The van der Waals surface area contributed by atoms with Crippen molar-refractivity contribution in [3.05, 3.63) is 58.5 Å². The normalized spacial score (nSPS) is 25.0. The van der Waals surface area contributed by atoms with Crippen LogP contribution in [-0.4, -0.2) is 23.5 Å². The van der Waals surface area contributed by atoms with Crippen molar-refractivity contribution < 1.29 is 5.11 Å². The van der Waals surface area contributed by atoms with E-state index in [0.29, 0.717) is 10.8 Å². The average Bonchev–Trinajstić information content (AvgIpc) is 3.24. The molecule has 0 bridgehead atoms. The fraction of sp³-hybridized carbons (Fsp3) is 0.381. The van der Waals surface area contributed by atoms with Gasteiger partial charge >= 0.3 is 0 Å². The number of allylic oxidation sites excluding steroid dienone is 1. The Balaban J connectivity index is 2.09. The highest BCUT2D eigenvalue weighted by Gasteiger charge is 2.54. The number of nitrogens with zero attached hydrogens (tertiary/aromatic N) is 1. The molecule has 0 saturated heterocycles. The molecule has 1 fully saturated rings. The molecule has 3 atom stereocenters. The predicted molar refractivity (Wildman–Crippen MR) is 104 cm³/mol. The van der Waals surface area contributed by atoms with Gasteiger partial charge in [-0.05, 0) is 33.4 Å². The van der Waals surface area contributed by atoms with Crippen LogP contribution in [0.4, 0.5) is 0 Å². The molecule has 24 heavy (non-hydrogen) atoms. The van der Waals surface area contributed by atoms with E-state index in [-0.39, 0.29) is 24.0 Å². The summed E-state index contributed by atoms with van der Waals surface area (Å²) in [6, 6.07) is 11.1. The van der Waals surface area contributed by atoms with Crippen LogP contribution in [0.15, 0.2) is 46.8 Å². The van der Waals surface area contributed by atoms with Crippen molar-refractivity contribution in [2.24, 2.45) is 10.9 Å². The Bertz CT molecular complexity index is 891. The zero-order chi connectivity index (χ0) is 17.2. The molecule has 1 aliphatic carbocycles. The zero-order valence-corrected chi connectivity index (χ0v) is 15.3. The summed E-state index contributed by atoms with van der Waals surface area (Å²) in [6.07, 6.45) is 0. The standard InChI is InChI=1S/C21H23NOS/c1-11(24)19-14-9-16(21(2,3)4)12-7-5-6-8-13(12)17(14)18-15(10-23)20(18)22-19/h5-9,15,18,20,23-24H,1,10H2,2-4H3. The third-order valence-electron chi connectivity index (χ3n) is 5.37. The molecule has 0 radical (unpaired) electrons. The van der Waals surface area contributed by atoms with E-state index in [2.05, 4.69) is 70.3 Å². The summed E-state index contributed by atoms with van der Waals surface area (Å²) in [7, 11) is 0. The van der Waals surface area contributed by atoms with Crippen molar-refractivity contribution in [1.29, 1.82) is 0 Å². The summed E-state index contributed by atoms with van der Waals surface area (Å²) < 4.78 is 0. The Morgan fingerprint density at radius 1 is 1.25 bits per heavy atom. The van der Waals surface area contributed by atoms with E-state index in [1.807, 2.05) is 0 Å². The minimum absolute atomic E-state index is 0.0362. The highest BCUT2D eigenvalue weighted by molar-refractivity contribution is 7.85. The number of hydrogen-bond acceptors (Lipinski definition) is 3. The summed E-state index contributed by atoms with van der Waals surface area (Å²) in [5.41, 5.74) is 4.72. The monoisotopic (exact) mass is 337 g/mol. The molecule has 1 heterocycles. The van der Waals surface area contributed by atoms with Crippen LogP contribution in [0.25, 0.3) is 10.8 Å². The summed E-state index contributed by atoms with van der Waals surface area (Å²) in [4.78, 5) is 5.56. The molecule has 3 heteroatoms. The van der Waals surface area contributed by atoms with Crippen LogP contribution in [0.1, 0.15) is 43.4 Å². The van der Waals surface area contributed by atoms with Crippen molar-refractivity contribution in [1.82, 2.24) is 0 Å². The van der Waals surface area contributed by atoms with Gasteiger partial charge < -0.3 is 5.11 Å². The fourth-order valence-electron chi connectivity index (χ4n) is 4.16. The van der Waals surface area contributed by atoms with Crippen LogP contribution in [-0.2, 0) is 5.41 Å². The van der Waals surface area contributed by atoms with Gasteiger partial charge in [-0.15, -0.1) is 12.6 Å². The van der Waals surface area contributed by atoms with E-state index in [1.54, 1.807) is 0 Å².